The molecule has 3 aromatic rings. The molecule has 4 rings (SSSR count). The molecule has 2 amide bonds. The van der Waals surface area contributed by atoms with Crippen molar-refractivity contribution in [2.24, 2.45) is 0 Å². The summed E-state index contributed by atoms with van der Waals surface area (Å²) in [6.45, 7) is 3.19. The molecule has 3 N–H and O–H groups in total. The zero-order chi connectivity index (χ0) is 24.1. The van der Waals surface area contributed by atoms with Crippen molar-refractivity contribution in [1.82, 2.24) is 15.2 Å². The van der Waals surface area contributed by atoms with Gasteiger partial charge >= 0.3 is 0 Å². The lowest BCUT2D eigenvalue weighted by Gasteiger charge is -2.39. The van der Waals surface area contributed by atoms with E-state index in [4.69, 9.17) is 5.41 Å². The van der Waals surface area contributed by atoms with E-state index in [0.29, 0.717) is 29.9 Å². The Bertz CT molecular complexity index is 1230. The SMILES string of the molecule is CN/C=C(\C=N)c1ccc(C2CN(C(=O)c3ccc(C)c(NC(=O)c4ccncc4)c3)C2)cc1. The van der Waals surface area contributed by atoms with Crippen LogP contribution in [-0.4, -0.2) is 48.1 Å². The number of allylic oxidation sites excluding steroid dienone is 1. The smallest absolute Gasteiger partial charge is 0.255 e. The number of amides is 2. The van der Waals surface area contributed by atoms with Crippen LogP contribution in [0.15, 0.2) is 73.2 Å². The number of likely N-dealkylation sites (tertiary alicyclic amines) is 1. The van der Waals surface area contributed by atoms with Crippen LogP contribution in [0.2, 0.25) is 0 Å². The van der Waals surface area contributed by atoms with Crippen LogP contribution in [0.3, 0.4) is 0 Å². The van der Waals surface area contributed by atoms with Gasteiger partial charge in [0.25, 0.3) is 11.8 Å². The number of anilines is 1. The first-order chi connectivity index (χ1) is 16.5. The van der Waals surface area contributed by atoms with Gasteiger partial charge in [-0.2, -0.15) is 0 Å². The fraction of sp³-hybridized carbons (Fsp3) is 0.185. The maximum Gasteiger partial charge on any atom is 0.255 e. The van der Waals surface area contributed by atoms with Gasteiger partial charge in [0, 0.05) is 73.3 Å². The highest BCUT2D eigenvalue weighted by Gasteiger charge is 2.32. The van der Waals surface area contributed by atoms with Gasteiger partial charge in [-0.3, -0.25) is 14.6 Å². The second-order valence-electron chi connectivity index (χ2n) is 8.28. The van der Waals surface area contributed by atoms with Crippen LogP contribution in [0.1, 0.15) is 43.3 Å². The average molecular weight is 454 g/mol. The van der Waals surface area contributed by atoms with Gasteiger partial charge in [0.1, 0.15) is 0 Å². The van der Waals surface area contributed by atoms with Gasteiger partial charge in [-0.15, -0.1) is 0 Å². The summed E-state index contributed by atoms with van der Waals surface area (Å²) in [7, 11) is 1.81. The third-order valence-electron chi connectivity index (χ3n) is 6.01. The molecule has 2 heterocycles. The van der Waals surface area contributed by atoms with Crippen molar-refractivity contribution in [3.8, 4) is 0 Å². The predicted octanol–water partition coefficient (Wildman–Crippen LogP) is 4.09. The van der Waals surface area contributed by atoms with Crippen molar-refractivity contribution in [2.75, 3.05) is 25.5 Å². The van der Waals surface area contributed by atoms with E-state index in [1.54, 1.807) is 42.9 Å². The number of nitrogens with zero attached hydrogens (tertiary/aromatic N) is 2. The molecule has 0 unspecified atom stereocenters. The zero-order valence-electron chi connectivity index (χ0n) is 19.2. The van der Waals surface area contributed by atoms with Crippen molar-refractivity contribution in [1.29, 1.82) is 5.41 Å². The summed E-state index contributed by atoms with van der Waals surface area (Å²) in [4.78, 5) is 31.3. The van der Waals surface area contributed by atoms with Crippen molar-refractivity contribution in [3.63, 3.8) is 0 Å². The maximum atomic E-state index is 13.0. The van der Waals surface area contributed by atoms with Gasteiger partial charge in [0.15, 0.2) is 0 Å². The maximum absolute atomic E-state index is 13.0. The minimum absolute atomic E-state index is 0.0460. The predicted molar refractivity (Wildman–Crippen MR) is 134 cm³/mol. The molecule has 1 saturated heterocycles. The number of aryl methyl sites for hydroxylation is 1. The Hall–Kier alpha value is -4.26. The van der Waals surface area contributed by atoms with Crippen LogP contribution in [-0.2, 0) is 0 Å². The quantitative estimate of drug-likeness (QED) is 0.469. The second-order valence-corrected chi connectivity index (χ2v) is 8.28. The van der Waals surface area contributed by atoms with E-state index in [1.807, 2.05) is 37.1 Å². The molecule has 0 radical (unpaired) electrons. The first-order valence-electron chi connectivity index (χ1n) is 11.1. The highest BCUT2D eigenvalue weighted by Crippen LogP contribution is 2.30. The van der Waals surface area contributed by atoms with E-state index in [1.165, 1.54) is 11.8 Å². The summed E-state index contributed by atoms with van der Waals surface area (Å²) in [5.41, 5.74) is 5.53. The van der Waals surface area contributed by atoms with Crippen molar-refractivity contribution in [2.45, 2.75) is 12.8 Å². The van der Waals surface area contributed by atoms with Gasteiger partial charge in [-0.25, -0.2) is 0 Å². The fourth-order valence-electron chi connectivity index (χ4n) is 3.94. The number of benzene rings is 2. The second kappa shape index (κ2) is 10.1. The summed E-state index contributed by atoms with van der Waals surface area (Å²) in [6.07, 6.45) is 6.26. The summed E-state index contributed by atoms with van der Waals surface area (Å²) in [5.74, 6) is -0.000328. The van der Waals surface area contributed by atoms with Crippen molar-refractivity contribution < 1.29 is 9.59 Å². The van der Waals surface area contributed by atoms with Crippen LogP contribution >= 0.6 is 0 Å². The van der Waals surface area contributed by atoms with E-state index < -0.39 is 0 Å². The van der Waals surface area contributed by atoms with E-state index >= 15 is 0 Å². The van der Waals surface area contributed by atoms with Crippen LogP contribution in [0.4, 0.5) is 5.69 Å². The van der Waals surface area contributed by atoms with Gasteiger partial charge in [0.05, 0.1) is 0 Å². The molecule has 2 aromatic carbocycles. The summed E-state index contributed by atoms with van der Waals surface area (Å²) >= 11 is 0. The van der Waals surface area contributed by atoms with Crippen LogP contribution in [0.25, 0.3) is 5.57 Å². The number of rotatable bonds is 7. The number of carbonyl (C=O) groups is 2. The first-order valence-corrected chi connectivity index (χ1v) is 11.1. The molecule has 0 aliphatic carbocycles. The number of hydrogen-bond acceptors (Lipinski definition) is 5. The van der Waals surface area contributed by atoms with Crippen molar-refractivity contribution >= 4 is 29.3 Å². The molecule has 0 bridgehead atoms. The number of aromatic nitrogens is 1. The molecule has 7 heteroatoms. The number of hydrogen-bond donors (Lipinski definition) is 3. The lowest BCUT2D eigenvalue weighted by molar-refractivity contribution is 0.0602. The molecule has 0 saturated carbocycles. The molecule has 1 aromatic heterocycles. The Morgan fingerprint density at radius 1 is 1.00 bits per heavy atom. The van der Waals surface area contributed by atoms with Crippen LogP contribution < -0.4 is 10.6 Å². The molecular formula is C27H27N5O2. The largest absolute Gasteiger partial charge is 0.393 e. The molecule has 172 valence electrons. The molecule has 34 heavy (non-hydrogen) atoms. The molecule has 7 nitrogen and oxygen atoms in total. The normalized spacial score (nSPS) is 13.7. The number of carbonyl (C=O) groups excluding carboxylic acids is 2. The van der Waals surface area contributed by atoms with Gasteiger partial charge in [-0.1, -0.05) is 30.3 Å². The van der Waals surface area contributed by atoms with Gasteiger partial charge in [-0.05, 0) is 47.9 Å². The van der Waals surface area contributed by atoms with Crippen LogP contribution in [0, 0.1) is 12.3 Å². The molecule has 0 spiro atoms. The topological polar surface area (TPSA) is 98.2 Å². The Labute approximate surface area is 199 Å². The lowest BCUT2D eigenvalue weighted by Crippen LogP contribution is -2.48. The molecule has 1 aliphatic rings. The van der Waals surface area contributed by atoms with E-state index in [0.717, 1.165) is 16.7 Å². The number of nitrogens with one attached hydrogen (secondary N) is 3. The summed E-state index contributed by atoms with van der Waals surface area (Å²) in [6, 6.07) is 16.8. The third-order valence-corrected chi connectivity index (χ3v) is 6.01. The average Bonchev–Trinajstić information content (AvgIpc) is 2.84. The number of pyridine rings is 1. The Morgan fingerprint density at radius 3 is 2.32 bits per heavy atom. The minimum Gasteiger partial charge on any atom is -0.393 e. The first kappa shape index (κ1) is 22.9. The van der Waals surface area contributed by atoms with Crippen molar-refractivity contribution in [3.05, 3.63) is 101 Å². The third kappa shape index (κ3) is 4.88. The minimum atomic E-state index is -0.238. The Balaban J connectivity index is 1.40. The van der Waals surface area contributed by atoms with Crippen LogP contribution in [0.5, 0.6) is 0 Å². The highest BCUT2D eigenvalue weighted by molar-refractivity contribution is 6.08. The lowest BCUT2D eigenvalue weighted by atomic mass is 9.89. The van der Waals surface area contributed by atoms with E-state index in [2.05, 4.69) is 27.8 Å². The Morgan fingerprint density at radius 2 is 1.68 bits per heavy atom. The Kier molecular flexibility index (Phi) is 6.82. The molecular weight excluding hydrogens is 426 g/mol. The van der Waals surface area contributed by atoms with E-state index in [9.17, 15) is 9.59 Å². The molecule has 1 fully saturated rings. The standard InChI is InChI=1S/C27H27N5O2/c1-18-3-4-22(13-25(18)31-26(33)21-9-11-30-12-10-21)27(34)32-16-24(17-32)20-7-5-19(6-8-20)23(14-28)15-29-2/h3-15,24,28-29H,16-17H2,1-2H3,(H,31,33)/b23-15+,28-14?. The highest BCUT2D eigenvalue weighted by atomic mass is 16.2. The molecule has 1 aliphatic heterocycles. The monoisotopic (exact) mass is 453 g/mol. The summed E-state index contributed by atoms with van der Waals surface area (Å²) in [5, 5.41) is 13.4. The van der Waals surface area contributed by atoms with Gasteiger partial charge in [0.2, 0.25) is 0 Å². The zero-order valence-corrected chi connectivity index (χ0v) is 19.2. The fourth-order valence-corrected chi connectivity index (χ4v) is 3.94. The molecule has 0 atom stereocenters. The summed E-state index contributed by atoms with van der Waals surface area (Å²) < 4.78 is 0. The van der Waals surface area contributed by atoms with E-state index in [-0.39, 0.29) is 17.7 Å². The van der Waals surface area contributed by atoms with Gasteiger partial charge < -0.3 is 20.9 Å².